The summed E-state index contributed by atoms with van der Waals surface area (Å²) < 4.78 is 6.98. The Morgan fingerprint density at radius 3 is 2.85 bits per heavy atom. The lowest BCUT2D eigenvalue weighted by Crippen LogP contribution is -2.24. The van der Waals surface area contributed by atoms with Gasteiger partial charge >= 0.3 is 0 Å². The van der Waals surface area contributed by atoms with Crippen LogP contribution in [0.4, 0.5) is 0 Å². The van der Waals surface area contributed by atoms with Gasteiger partial charge in [0.15, 0.2) is 16.7 Å². The van der Waals surface area contributed by atoms with Crippen molar-refractivity contribution in [3.63, 3.8) is 0 Å². The van der Waals surface area contributed by atoms with E-state index in [0.717, 1.165) is 10.7 Å². The highest BCUT2D eigenvalue weighted by atomic mass is 35.5. The first kappa shape index (κ1) is 19.5. The third kappa shape index (κ3) is 4.94. The minimum absolute atomic E-state index is 0.230. The molecule has 0 bridgehead atoms. The number of allylic oxidation sites excluding steroid dienone is 1. The van der Waals surface area contributed by atoms with Crippen LogP contribution in [0.3, 0.4) is 0 Å². The van der Waals surface area contributed by atoms with Crippen LogP contribution in [-0.4, -0.2) is 20.7 Å². The van der Waals surface area contributed by atoms with Crippen LogP contribution in [-0.2, 0) is 18.8 Å². The highest BCUT2D eigenvalue weighted by molar-refractivity contribution is 7.98. The molecular weight excluding hydrogens is 407 g/mol. The molecule has 9 heteroatoms. The molecule has 1 amide bonds. The molecule has 0 aliphatic rings. The van der Waals surface area contributed by atoms with E-state index in [9.17, 15) is 4.79 Å². The van der Waals surface area contributed by atoms with Gasteiger partial charge in [0.05, 0.1) is 22.9 Å². The molecule has 3 rings (SSSR count). The van der Waals surface area contributed by atoms with E-state index in [4.69, 9.17) is 27.6 Å². The van der Waals surface area contributed by atoms with E-state index in [1.54, 1.807) is 24.3 Å². The molecule has 0 fully saturated rings. The number of hydrogen-bond donors (Lipinski definition) is 1. The lowest BCUT2D eigenvalue weighted by molar-refractivity contribution is 0.0921. The number of benzene rings is 1. The summed E-state index contributed by atoms with van der Waals surface area (Å²) in [6.07, 6.45) is 3.21. The van der Waals surface area contributed by atoms with Gasteiger partial charge in [0, 0.05) is 12.3 Å². The van der Waals surface area contributed by atoms with Crippen LogP contribution < -0.4 is 5.32 Å². The number of carbonyl (C=O) groups is 1. The van der Waals surface area contributed by atoms with Crippen LogP contribution in [0.2, 0.25) is 10.0 Å². The molecule has 0 aliphatic carbocycles. The fourth-order valence-corrected chi connectivity index (χ4v) is 3.53. The summed E-state index contributed by atoms with van der Waals surface area (Å²) >= 11 is 13.5. The maximum atomic E-state index is 12.0. The Morgan fingerprint density at radius 1 is 1.30 bits per heavy atom. The van der Waals surface area contributed by atoms with Crippen molar-refractivity contribution in [3.8, 4) is 0 Å². The standard InChI is InChI=1S/C18H16Cl2N4O2S/c1-2-7-24-16(10-21-17(25)15-4-3-8-26-15)22-23-18(24)27-11-12-5-6-13(19)14(20)9-12/h2-6,8-9H,1,7,10-11H2,(H,21,25). The largest absolute Gasteiger partial charge is 0.459 e. The number of aromatic nitrogens is 3. The quantitative estimate of drug-likeness (QED) is 0.424. The summed E-state index contributed by atoms with van der Waals surface area (Å²) in [6, 6.07) is 8.77. The van der Waals surface area contributed by atoms with Crippen LogP contribution in [0.1, 0.15) is 21.9 Å². The Hall–Kier alpha value is -2.22. The highest BCUT2D eigenvalue weighted by Gasteiger charge is 2.14. The zero-order chi connectivity index (χ0) is 19.2. The van der Waals surface area contributed by atoms with Gasteiger partial charge in [0.25, 0.3) is 5.91 Å². The SMILES string of the molecule is C=CCn1c(CNC(=O)c2ccco2)nnc1SCc1ccc(Cl)c(Cl)c1. The first-order valence-electron chi connectivity index (χ1n) is 8.00. The maximum Gasteiger partial charge on any atom is 0.287 e. The molecule has 2 heterocycles. The second-order valence-corrected chi connectivity index (χ2v) is 7.25. The summed E-state index contributed by atoms with van der Waals surface area (Å²) in [4.78, 5) is 12.0. The van der Waals surface area contributed by atoms with Gasteiger partial charge in [-0.25, -0.2) is 0 Å². The molecule has 0 saturated carbocycles. The van der Waals surface area contributed by atoms with E-state index in [2.05, 4.69) is 22.1 Å². The molecule has 1 aromatic carbocycles. The fourth-order valence-electron chi connectivity index (χ4n) is 2.30. The van der Waals surface area contributed by atoms with E-state index in [-0.39, 0.29) is 18.2 Å². The maximum absolute atomic E-state index is 12.0. The number of nitrogens with one attached hydrogen (secondary N) is 1. The van der Waals surface area contributed by atoms with E-state index >= 15 is 0 Å². The number of amides is 1. The smallest absolute Gasteiger partial charge is 0.287 e. The average Bonchev–Trinajstić information content (AvgIpc) is 3.32. The van der Waals surface area contributed by atoms with Crippen LogP contribution in [0.15, 0.2) is 58.8 Å². The van der Waals surface area contributed by atoms with Gasteiger partial charge in [-0.3, -0.25) is 4.79 Å². The van der Waals surface area contributed by atoms with Crippen molar-refractivity contribution < 1.29 is 9.21 Å². The second-order valence-electron chi connectivity index (χ2n) is 5.50. The molecule has 0 unspecified atom stereocenters. The molecule has 27 heavy (non-hydrogen) atoms. The number of rotatable bonds is 8. The Bertz CT molecular complexity index is 941. The molecule has 0 saturated heterocycles. The van der Waals surface area contributed by atoms with Gasteiger partial charge in [0.1, 0.15) is 0 Å². The minimum atomic E-state index is -0.307. The summed E-state index contributed by atoms with van der Waals surface area (Å²) in [6.45, 7) is 4.53. The number of halogens is 2. The molecule has 2 aromatic heterocycles. The predicted molar refractivity (Wildman–Crippen MR) is 106 cm³/mol. The average molecular weight is 423 g/mol. The van der Waals surface area contributed by atoms with E-state index < -0.39 is 0 Å². The highest BCUT2D eigenvalue weighted by Crippen LogP contribution is 2.27. The molecule has 140 valence electrons. The third-order valence-corrected chi connectivity index (χ3v) is 5.39. The Kier molecular flexibility index (Phi) is 6.60. The first-order valence-corrected chi connectivity index (χ1v) is 9.74. The van der Waals surface area contributed by atoms with Gasteiger partial charge in [-0.2, -0.15) is 0 Å². The molecule has 1 N–H and O–H groups in total. The lowest BCUT2D eigenvalue weighted by Gasteiger charge is -2.08. The lowest BCUT2D eigenvalue weighted by atomic mass is 10.2. The van der Waals surface area contributed by atoms with Crippen molar-refractivity contribution in [3.05, 3.63) is 76.4 Å². The normalized spacial score (nSPS) is 10.7. The Labute approximate surface area is 170 Å². The van der Waals surface area contributed by atoms with Crippen LogP contribution in [0.5, 0.6) is 0 Å². The summed E-state index contributed by atoms with van der Waals surface area (Å²) in [5, 5.41) is 12.9. The summed E-state index contributed by atoms with van der Waals surface area (Å²) in [5.41, 5.74) is 1.02. The Balaban J connectivity index is 1.67. The monoisotopic (exact) mass is 422 g/mol. The summed E-state index contributed by atoms with van der Waals surface area (Å²) in [7, 11) is 0. The molecule has 0 radical (unpaired) electrons. The third-order valence-electron chi connectivity index (χ3n) is 3.61. The van der Waals surface area contributed by atoms with Gasteiger partial charge in [-0.1, -0.05) is 47.1 Å². The predicted octanol–water partition coefficient (Wildman–Crippen LogP) is 4.59. The second kappa shape index (κ2) is 9.12. The number of nitrogens with zero attached hydrogens (tertiary/aromatic N) is 3. The van der Waals surface area contributed by atoms with Gasteiger partial charge in [-0.05, 0) is 29.8 Å². The Morgan fingerprint density at radius 2 is 2.15 bits per heavy atom. The molecule has 0 atom stereocenters. The van der Waals surface area contributed by atoms with Gasteiger partial charge in [-0.15, -0.1) is 16.8 Å². The van der Waals surface area contributed by atoms with Crippen molar-refractivity contribution in [1.29, 1.82) is 0 Å². The summed E-state index contributed by atoms with van der Waals surface area (Å²) in [5.74, 6) is 1.23. The molecular formula is C18H16Cl2N4O2S. The molecule has 6 nitrogen and oxygen atoms in total. The van der Waals surface area contributed by atoms with Gasteiger partial charge < -0.3 is 14.3 Å². The molecule has 0 spiro atoms. The van der Waals surface area contributed by atoms with E-state index in [1.807, 2.05) is 16.7 Å². The van der Waals surface area contributed by atoms with Crippen LogP contribution in [0, 0.1) is 0 Å². The number of furan rings is 1. The van der Waals surface area contributed by atoms with Crippen LogP contribution in [0.25, 0.3) is 0 Å². The fraction of sp³-hybridized carbons (Fsp3) is 0.167. The number of hydrogen-bond acceptors (Lipinski definition) is 5. The topological polar surface area (TPSA) is 73.0 Å². The van der Waals surface area contributed by atoms with Crippen molar-refractivity contribution >= 4 is 40.9 Å². The van der Waals surface area contributed by atoms with Gasteiger partial charge in [0.2, 0.25) is 0 Å². The van der Waals surface area contributed by atoms with E-state index in [1.165, 1.54) is 18.0 Å². The van der Waals surface area contributed by atoms with Crippen molar-refractivity contribution in [2.45, 2.75) is 24.0 Å². The van der Waals surface area contributed by atoms with E-state index in [0.29, 0.717) is 28.2 Å². The minimum Gasteiger partial charge on any atom is -0.459 e. The van der Waals surface area contributed by atoms with Crippen molar-refractivity contribution in [2.24, 2.45) is 0 Å². The molecule has 0 aliphatic heterocycles. The van der Waals surface area contributed by atoms with Crippen molar-refractivity contribution in [2.75, 3.05) is 0 Å². The molecule has 3 aromatic rings. The first-order chi connectivity index (χ1) is 13.1. The number of thioether (sulfide) groups is 1. The zero-order valence-electron chi connectivity index (χ0n) is 14.2. The zero-order valence-corrected chi connectivity index (χ0v) is 16.5. The van der Waals surface area contributed by atoms with Crippen molar-refractivity contribution in [1.82, 2.24) is 20.1 Å². The van der Waals surface area contributed by atoms with Crippen LogP contribution >= 0.6 is 35.0 Å². The number of carbonyl (C=O) groups excluding carboxylic acids is 1.